The number of nitrogens with zero attached hydrogens (tertiary/aromatic N) is 5. The maximum absolute atomic E-state index is 9.84. The molecule has 2 heterocycles. The fourth-order valence-corrected chi connectivity index (χ4v) is 3.76. The van der Waals surface area contributed by atoms with Crippen LogP contribution in [-0.4, -0.2) is 30.8 Å². The topological polar surface area (TPSA) is 97.4 Å². The van der Waals surface area contributed by atoms with E-state index in [1.807, 2.05) is 42.5 Å². The third-order valence-electron chi connectivity index (χ3n) is 5.25. The summed E-state index contributed by atoms with van der Waals surface area (Å²) in [6, 6.07) is 19.2. The summed E-state index contributed by atoms with van der Waals surface area (Å²) in [5, 5.41) is 14.0. The second-order valence-electron chi connectivity index (χ2n) is 7.13. The molecule has 0 fully saturated rings. The lowest BCUT2D eigenvalue weighted by Crippen LogP contribution is -2.22. The Morgan fingerprint density at radius 2 is 1.97 bits per heavy atom. The number of aliphatic imine (C=N–C) groups is 1. The average molecular weight is 412 g/mol. The maximum Gasteiger partial charge on any atom is 0.230 e. The summed E-state index contributed by atoms with van der Waals surface area (Å²) in [6.07, 6.45) is 6.62. The highest BCUT2D eigenvalue weighted by atomic mass is 16.5. The number of hydroxylamine groups is 1. The molecule has 0 saturated heterocycles. The second kappa shape index (κ2) is 8.37. The lowest BCUT2D eigenvalue weighted by atomic mass is 10.1. The van der Waals surface area contributed by atoms with E-state index in [-0.39, 0.29) is 6.04 Å². The minimum atomic E-state index is -0.0270. The standard InChI is InChI=1S/C23H20N6O2/c30-28-22(27-21-12-7-16-4-1-2-5-19(16)21)20-6-3-13-25-23(20)31-18-10-8-17(9-11-18)29-15-24-14-26-29/h1-6,8-11,13-15,21,30H,7,12H2,(H,27,28). The van der Waals surface area contributed by atoms with Crippen molar-refractivity contribution in [1.82, 2.24) is 25.2 Å². The normalized spacial score (nSPS) is 15.5. The van der Waals surface area contributed by atoms with Gasteiger partial charge in [-0.25, -0.2) is 14.6 Å². The molecule has 154 valence electrons. The van der Waals surface area contributed by atoms with Crippen molar-refractivity contribution in [2.24, 2.45) is 4.99 Å². The smallest absolute Gasteiger partial charge is 0.230 e. The number of amidine groups is 1. The predicted octanol–water partition coefficient (Wildman–Crippen LogP) is 3.87. The van der Waals surface area contributed by atoms with Crippen LogP contribution >= 0.6 is 0 Å². The fraction of sp³-hybridized carbons (Fsp3) is 0.130. The van der Waals surface area contributed by atoms with Gasteiger partial charge >= 0.3 is 0 Å². The fourth-order valence-electron chi connectivity index (χ4n) is 3.76. The van der Waals surface area contributed by atoms with Crippen LogP contribution in [0.4, 0.5) is 0 Å². The number of benzene rings is 2. The summed E-state index contributed by atoms with van der Waals surface area (Å²) >= 11 is 0. The molecule has 31 heavy (non-hydrogen) atoms. The number of aryl methyl sites for hydroxylation is 1. The van der Waals surface area contributed by atoms with Gasteiger partial charge in [0.05, 0.1) is 17.3 Å². The van der Waals surface area contributed by atoms with Crippen molar-refractivity contribution in [3.63, 3.8) is 0 Å². The van der Waals surface area contributed by atoms with Gasteiger partial charge in [0.25, 0.3) is 0 Å². The summed E-state index contributed by atoms with van der Waals surface area (Å²) in [6.45, 7) is 0. The Balaban J connectivity index is 1.42. The van der Waals surface area contributed by atoms with E-state index in [4.69, 9.17) is 9.73 Å². The third-order valence-corrected chi connectivity index (χ3v) is 5.25. The summed E-state index contributed by atoms with van der Waals surface area (Å²) < 4.78 is 7.67. The van der Waals surface area contributed by atoms with Gasteiger partial charge in [-0.15, -0.1) is 0 Å². The number of pyridine rings is 1. The highest BCUT2D eigenvalue weighted by Gasteiger charge is 2.23. The van der Waals surface area contributed by atoms with Crippen LogP contribution in [0, 0.1) is 0 Å². The van der Waals surface area contributed by atoms with E-state index >= 15 is 0 Å². The number of ether oxygens (including phenoxy) is 1. The van der Waals surface area contributed by atoms with Gasteiger partial charge in [0.1, 0.15) is 18.4 Å². The van der Waals surface area contributed by atoms with Crippen LogP contribution in [0.1, 0.15) is 29.2 Å². The van der Waals surface area contributed by atoms with E-state index < -0.39 is 0 Å². The number of nitrogens with one attached hydrogen (secondary N) is 1. The number of hydrogen-bond donors (Lipinski definition) is 2. The van der Waals surface area contributed by atoms with Crippen molar-refractivity contribution in [3.8, 4) is 17.3 Å². The Bertz CT molecular complexity index is 1200. The molecule has 4 aromatic rings. The van der Waals surface area contributed by atoms with Crippen molar-refractivity contribution in [3.05, 3.63) is 96.2 Å². The molecule has 2 aromatic carbocycles. The maximum atomic E-state index is 9.84. The first-order valence-electron chi connectivity index (χ1n) is 9.96. The monoisotopic (exact) mass is 412 g/mol. The van der Waals surface area contributed by atoms with E-state index in [0.717, 1.165) is 18.5 Å². The summed E-state index contributed by atoms with van der Waals surface area (Å²) in [7, 11) is 0. The summed E-state index contributed by atoms with van der Waals surface area (Å²) in [4.78, 5) is 13.1. The first-order chi connectivity index (χ1) is 15.3. The van der Waals surface area contributed by atoms with Crippen LogP contribution in [0.15, 0.2) is 84.5 Å². The van der Waals surface area contributed by atoms with Crippen molar-refractivity contribution in [1.29, 1.82) is 0 Å². The third kappa shape index (κ3) is 3.88. The number of aromatic nitrogens is 4. The van der Waals surface area contributed by atoms with Gasteiger partial charge in [-0.3, -0.25) is 15.7 Å². The van der Waals surface area contributed by atoms with Gasteiger partial charge in [0, 0.05) is 6.20 Å². The SMILES string of the molecule is ONC(=NC1CCc2ccccc21)c1cccnc1Oc1ccc(-n2cncn2)cc1. The summed E-state index contributed by atoms with van der Waals surface area (Å²) in [5.41, 5.74) is 6.17. The number of fused-ring (bicyclic) bond motifs is 1. The molecule has 0 spiro atoms. The van der Waals surface area contributed by atoms with E-state index in [1.165, 1.54) is 17.5 Å². The Kier molecular flexibility index (Phi) is 5.12. The molecule has 0 radical (unpaired) electrons. The molecule has 0 aliphatic heterocycles. The van der Waals surface area contributed by atoms with Crippen LogP contribution in [0.25, 0.3) is 5.69 Å². The molecular formula is C23H20N6O2. The zero-order valence-electron chi connectivity index (χ0n) is 16.6. The van der Waals surface area contributed by atoms with Crippen molar-refractivity contribution >= 4 is 5.84 Å². The van der Waals surface area contributed by atoms with Crippen molar-refractivity contribution in [2.45, 2.75) is 18.9 Å². The van der Waals surface area contributed by atoms with Crippen molar-refractivity contribution in [2.75, 3.05) is 0 Å². The first-order valence-corrected chi connectivity index (χ1v) is 9.96. The molecule has 1 atom stereocenters. The van der Waals surface area contributed by atoms with Gasteiger partial charge < -0.3 is 4.74 Å². The van der Waals surface area contributed by atoms with E-state index in [9.17, 15) is 5.21 Å². The van der Waals surface area contributed by atoms with E-state index in [0.29, 0.717) is 23.0 Å². The van der Waals surface area contributed by atoms with Crippen LogP contribution in [-0.2, 0) is 6.42 Å². The Morgan fingerprint density at radius 1 is 1.10 bits per heavy atom. The second-order valence-corrected chi connectivity index (χ2v) is 7.13. The lowest BCUT2D eigenvalue weighted by Gasteiger charge is -2.14. The molecule has 1 aliphatic carbocycles. The number of rotatable bonds is 5. The zero-order valence-corrected chi connectivity index (χ0v) is 16.6. The largest absolute Gasteiger partial charge is 0.438 e. The lowest BCUT2D eigenvalue weighted by molar-refractivity contribution is 0.234. The average Bonchev–Trinajstić information content (AvgIpc) is 3.49. The molecule has 5 rings (SSSR count). The molecule has 2 aromatic heterocycles. The van der Waals surface area contributed by atoms with Gasteiger partial charge in [-0.1, -0.05) is 24.3 Å². The molecule has 0 bridgehead atoms. The molecule has 0 amide bonds. The van der Waals surface area contributed by atoms with E-state index in [2.05, 4.69) is 32.7 Å². The zero-order chi connectivity index (χ0) is 21.0. The Hall–Kier alpha value is -4.04. The minimum Gasteiger partial charge on any atom is -0.438 e. The van der Waals surface area contributed by atoms with Crippen molar-refractivity contribution < 1.29 is 9.94 Å². The molecule has 0 saturated carbocycles. The van der Waals surface area contributed by atoms with Gasteiger partial charge in [-0.05, 0) is 60.4 Å². The molecular weight excluding hydrogens is 392 g/mol. The predicted molar refractivity (Wildman–Crippen MR) is 115 cm³/mol. The number of hydrogen-bond acceptors (Lipinski definition) is 6. The van der Waals surface area contributed by atoms with Crippen LogP contribution in [0.5, 0.6) is 11.6 Å². The highest BCUT2D eigenvalue weighted by Crippen LogP contribution is 2.34. The first kappa shape index (κ1) is 19.0. The summed E-state index contributed by atoms with van der Waals surface area (Å²) in [5.74, 6) is 1.28. The minimum absolute atomic E-state index is 0.0270. The molecule has 1 aliphatic rings. The molecule has 8 heteroatoms. The molecule has 8 nitrogen and oxygen atoms in total. The van der Waals surface area contributed by atoms with Gasteiger partial charge in [-0.2, -0.15) is 5.10 Å². The van der Waals surface area contributed by atoms with Crippen LogP contribution in [0.3, 0.4) is 0 Å². The highest BCUT2D eigenvalue weighted by molar-refractivity contribution is 6.00. The Morgan fingerprint density at radius 3 is 2.77 bits per heavy atom. The molecule has 2 N–H and O–H groups in total. The quantitative estimate of drug-likeness (QED) is 0.293. The molecule has 1 unspecified atom stereocenters. The van der Waals surface area contributed by atoms with Gasteiger partial charge in [0.2, 0.25) is 5.88 Å². The van der Waals surface area contributed by atoms with Crippen LogP contribution < -0.4 is 10.2 Å². The Labute approximate surface area is 178 Å². The van der Waals surface area contributed by atoms with Gasteiger partial charge in [0.15, 0.2) is 5.84 Å². The van der Waals surface area contributed by atoms with E-state index in [1.54, 1.807) is 23.3 Å². The van der Waals surface area contributed by atoms with Crippen LogP contribution in [0.2, 0.25) is 0 Å².